The Bertz CT molecular complexity index is 733. The van der Waals surface area contributed by atoms with Gasteiger partial charge >= 0.3 is 0 Å². The summed E-state index contributed by atoms with van der Waals surface area (Å²) >= 11 is 12.2. The number of nitrogens with zero attached hydrogens (tertiary/aromatic N) is 1. The zero-order valence-electron chi connectivity index (χ0n) is 15.1. The molecule has 0 heterocycles. The lowest BCUT2D eigenvalue weighted by Crippen LogP contribution is -2.42. The standard InChI is InChI=1S/C21H25ClN2S/c1-14-11-15(2)20(19(22)12-14)23-21(25)24(16(3)18-9-10-18)13-17-7-5-4-6-8-17/h4-8,11-12,16,18H,9-10,13H2,1-3H3,(H,23,25). The quantitative estimate of drug-likeness (QED) is 0.652. The second-order valence-electron chi connectivity index (χ2n) is 7.06. The Hall–Kier alpha value is -1.58. The molecule has 1 aliphatic rings. The zero-order chi connectivity index (χ0) is 18.0. The number of hydrogen-bond donors (Lipinski definition) is 1. The molecule has 1 aliphatic carbocycles. The van der Waals surface area contributed by atoms with Crippen molar-refractivity contribution in [2.24, 2.45) is 5.92 Å². The Morgan fingerprint density at radius 2 is 1.92 bits per heavy atom. The molecule has 0 bridgehead atoms. The van der Waals surface area contributed by atoms with E-state index in [1.165, 1.54) is 18.4 Å². The highest BCUT2D eigenvalue weighted by atomic mass is 35.5. The first-order chi connectivity index (χ1) is 12.0. The van der Waals surface area contributed by atoms with Crippen LogP contribution in [0.15, 0.2) is 42.5 Å². The highest BCUT2D eigenvalue weighted by Crippen LogP contribution is 2.36. The lowest BCUT2D eigenvalue weighted by molar-refractivity contribution is 0.298. The van der Waals surface area contributed by atoms with Crippen molar-refractivity contribution in [2.45, 2.75) is 46.2 Å². The molecule has 0 radical (unpaired) electrons. The molecule has 4 heteroatoms. The first-order valence-electron chi connectivity index (χ1n) is 8.84. The highest BCUT2D eigenvalue weighted by Gasteiger charge is 2.33. The summed E-state index contributed by atoms with van der Waals surface area (Å²) in [6, 6.07) is 15.0. The van der Waals surface area contributed by atoms with E-state index in [1.54, 1.807) is 0 Å². The van der Waals surface area contributed by atoms with Gasteiger partial charge in [0, 0.05) is 12.6 Å². The summed E-state index contributed by atoms with van der Waals surface area (Å²) in [4.78, 5) is 2.30. The van der Waals surface area contributed by atoms with Crippen LogP contribution in [-0.4, -0.2) is 16.1 Å². The first kappa shape index (κ1) is 18.2. The van der Waals surface area contributed by atoms with Gasteiger partial charge < -0.3 is 10.2 Å². The molecule has 1 atom stereocenters. The van der Waals surface area contributed by atoms with Crippen molar-refractivity contribution >= 4 is 34.6 Å². The molecule has 0 spiro atoms. The van der Waals surface area contributed by atoms with Crippen molar-refractivity contribution in [3.8, 4) is 0 Å². The van der Waals surface area contributed by atoms with Crippen LogP contribution in [0.1, 0.15) is 36.5 Å². The molecule has 2 aromatic carbocycles. The summed E-state index contributed by atoms with van der Waals surface area (Å²) in [7, 11) is 0. The second-order valence-corrected chi connectivity index (χ2v) is 7.85. The molecule has 132 valence electrons. The van der Waals surface area contributed by atoms with E-state index in [4.69, 9.17) is 23.8 Å². The normalized spacial score (nSPS) is 14.9. The SMILES string of the molecule is Cc1cc(C)c(NC(=S)N(Cc2ccccc2)C(C)C2CC2)c(Cl)c1. The lowest BCUT2D eigenvalue weighted by atomic mass is 10.1. The Labute approximate surface area is 161 Å². The molecule has 25 heavy (non-hydrogen) atoms. The van der Waals surface area contributed by atoms with E-state index in [2.05, 4.69) is 61.3 Å². The fraction of sp³-hybridized carbons (Fsp3) is 0.381. The van der Waals surface area contributed by atoms with Crippen molar-refractivity contribution in [1.82, 2.24) is 4.90 Å². The second kappa shape index (κ2) is 7.76. The first-order valence-corrected chi connectivity index (χ1v) is 9.62. The maximum absolute atomic E-state index is 6.46. The summed E-state index contributed by atoms with van der Waals surface area (Å²) < 4.78 is 0. The average Bonchev–Trinajstić information content (AvgIpc) is 3.41. The third kappa shape index (κ3) is 4.53. The lowest BCUT2D eigenvalue weighted by Gasteiger charge is -2.32. The van der Waals surface area contributed by atoms with Crippen molar-refractivity contribution in [2.75, 3.05) is 5.32 Å². The Kier molecular flexibility index (Phi) is 5.65. The predicted molar refractivity (Wildman–Crippen MR) is 111 cm³/mol. The van der Waals surface area contributed by atoms with Gasteiger partial charge in [0.25, 0.3) is 0 Å². The van der Waals surface area contributed by atoms with E-state index in [-0.39, 0.29) is 0 Å². The monoisotopic (exact) mass is 372 g/mol. The largest absolute Gasteiger partial charge is 0.342 e. The molecule has 0 aromatic heterocycles. The molecule has 2 aromatic rings. The Morgan fingerprint density at radius 1 is 1.24 bits per heavy atom. The summed E-state index contributed by atoms with van der Waals surface area (Å²) in [5, 5.41) is 4.88. The number of aryl methyl sites for hydroxylation is 2. The molecule has 0 aliphatic heterocycles. The van der Waals surface area contributed by atoms with Crippen molar-refractivity contribution in [3.05, 3.63) is 64.2 Å². The van der Waals surface area contributed by atoms with Gasteiger partial charge in [-0.05, 0) is 74.5 Å². The van der Waals surface area contributed by atoms with E-state index >= 15 is 0 Å². The Morgan fingerprint density at radius 3 is 2.52 bits per heavy atom. The molecular weight excluding hydrogens is 348 g/mol. The molecule has 1 saturated carbocycles. The van der Waals surface area contributed by atoms with Gasteiger partial charge in [0.2, 0.25) is 0 Å². The van der Waals surface area contributed by atoms with Crippen LogP contribution in [0.2, 0.25) is 5.02 Å². The van der Waals surface area contributed by atoms with Gasteiger partial charge in [-0.15, -0.1) is 0 Å². The average molecular weight is 373 g/mol. The van der Waals surface area contributed by atoms with E-state index in [1.807, 2.05) is 12.1 Å². The fourth-order valence-corrected chi connectivity index (χ4v) is 3.97. The third-order valence-electron chi connectivity index (χ3n) is 4.92. The number of halogens is 1. The smallest absolute Gasteiger partial charge is 0.174 e. The van der Waals surface area contributed by atoms with Crippen LogP contribution in [0.3, 0.4) is 0 Å². The molecule has 3 rings (SSSR count). The number of thiocarbonyl (C=S) groups is 1. The number of rotatable bonds is 5. The van der Waals surface area contributed by atoms with Crippen LogP contribution in [0.25, 0.3) is 0 Å². The van der Waals surface area contributed by atoms with Crippen LogP contribution < -0.4 is 5.32 Å². The van der Waals surface area contributed by atoms with Crippen molar-refractivity contribution < 1.29 is 0 Å². The van der Waals surface area contributed by atoms with Gasteiger partial charge in [-0.3, -0.25) is 0 Å². The molecular formula is C21H25ClN2S. The van der Waals surface area contributed by atoms with Gasteiger partial charge in [0.05, 0.1) is 10.7 Å². The predicted octanol–water partition coefficient (Wildman–Crippen LogP) is 5.95. The number of benzene rings is 2. The van der Waals surface area contributed by atoms with Gasteiger partial charge in [-0.2, -0.15) is 0 Å². The molecule has 0 saturated heterocycles. The molecule has 0 amide bonds. The van der Waals surface area contributed by atoms with Gasteiger partial charge in [0.15, 0.2) is 5.11 Å². The minimum absolute atomic E-state index is 0.421. The summed E-state index contributed by atoms with van der Waals surface area (Å²) in [5.74, 6) is 0.734. The zero-order valence-corrected chi connectivity index (χ0v) is 16.6. The van der Waals surface area contributed by atoms with E-state index < -0.39 is 0 Å². The topological polar surface area (TPSA) is 15.3 Å². The summed E-state index contributed by atoms with van der Waals surface area (Å²) in [6.07, 6.45) is 2.58. The van der Waals surface area contributed by atoms with E-state index in [9.17, 15) is 0 Å². The maximum atomic E-state index is 6.46. The van der Waals surface area contributed by atoms with Crippen LogP contribution >= 0.6 is 23.8 Å². The molecule has 1 fully saturated rings. The molecule has 1 N–H and O–H groups in total. The van der Waals surface area contributed by atoms with Crippen LogP contribution in [0, 0.1) is 19.8 Å². The minimum atomic E-state index is 0.421. The maximum Gasteiger partial charge on any atom is 0.174 e. The van der Waals surface area contributed by atoms with Gasteiger partial charge in [-0.25, -0.2) is 0 Å². The van der Waals surface area contributed by atoms with Crippen molar-refractivity contribution in [3.63, 3.8) is 0 Å². The van der Waals surface area contributed by atoms with Crippen LogP contribution in [0.4, 0.5) is 5.69 Å². The van der Waals surface area contributed by atoms with Crippen LogP contribution in [0.5, 0.6) is 0 Å². The summed E-state index contributed by atoms with van der Waals surface area (Å²) in [6.45, 7) is 7.21. The highest BCUT2D eigenvalue weighted by molar-refractivity contribution is 7.80. The number of hydrogen-bond acceptors (Lipinski definition) is 1. The molecule has 1 unspecified atom stereocenters. The van der Waals surface area contributed by atoms with Gasteiger partial charge in [0.1, 0.15) is 0 Å². The van der Waals surface area contributed by atoms with Crippen LogP contribution in [-0.2, 0) is 6.54 Å². The van der Waals surface area contributed by atoms with E-state index in [0.29, 0.717) is 6.04 Å². The third-order valence-corrected chi connectivity index (χ3v) is 5.55. The summed E-state index contributed by atoms with van der Waals surface area (Å²) in [5.41, 5.74) is 4.46. The fourth-order valence-electron chi connectivity index (χ4n) is 3.27. The van der Waals surface area contributed by atoms with Crippen molar-refractivity contribution in [1.29, 1.82) is 0 Å². The Balaban J connectivity index is 1.81. The minimum Gasteiger partial charge on any atom is -0.342 e. The number of anilines is 1. The van der Waals surface area contributed by atoms with E-state index in [0.717, 1.165) is 39.4 Å². The van der Waals surface area contributed by atoms with Gasteiger partial charge in [-0.1, -0.05) is 48.0 Å². The number of nitrogens with one attached hydrogen (secondary N) is 1. The molecule has 2 nitrogen and oxygen atoms in total.